The van der Waals surface area contributed by atoms with E-state index in [0.29, 0.717) is 16.0 Å². The molecular formula is C16H18N2O2S2. The molecule has 1 aromatic carbocycles. The van der Waals surface area contributed by atoms with Crippen LogP contribution in [0.15, 0.2) is 24.3 Å². The maximum Gasteiger partial charge on any atom is 0.348 e. The molecule has 2 N–H and O–H groups in total. The number of carbonyl (C=O) groups is 1. The lowest BCUT2D eigenvalue weighted by atomic mass is 10.2. The number of benzene rings is 1. The number of ether oxygens (including phenoxy) is 1. The number of carbonyl (C=O) groups excluding carboxylic acids is 1. The lowest BCUT2D eigenvalue weighted by Gasteiger charge is -2.15. The Labute approximate surface area is 138 Å². The minimum absolute atomic E-state index is 0.297. The minimum Gasteiger partial charge on any atom is -0.465 e. The summed E-state index contributed by atoms with van der Waals surface area (Å²) in [6.45, 7) is 0. The quantitative estimate of drug-likeness (QED) is 0.658. The van der Waals surface area contributed by atoms with Crippen LogP contribution in [-0.2, 0) is 4.74 Å². The summed E-state index contributed by atoms with van der Waals surface area (Å²) in [5.74, 6) is -0.297. The number of esters is 1. The van der Waals surface area contributed by atoms with E-state index < -0.39 is 0 Å². The largest absolute Gasteiger partial charge is 0.465 e. The van der Waals surface area contributed by atoms with Crippen molar-refractivity contribution in [2.75, 3.05) is 12.4 Å². The van der Waals surface area contributed by atoms with Crippen molar-refractivity contribution in [2.24, 2.45) is 0 Å². The van der Waals surface area contributed by atoms with E-state index in [4.69, 9.17) is 17.0 Å². The lowest BCUT2D eigenvalue weighted by molar-refractivity contribution is 0.0606. The Kier molecular flexibility index (Phi) is 4.59. The highest BCUT2D eigenvalue weighted by molar-refractivity contribution is 7.80. The van der Waals surface area contributed by atoms with Crippen molar-refractivity contribution < 1.29 is 9.53 Å². The normalized spacial score (nSPS) is 15.0. The zero-order chi connectivity index (χ0) is 15.5. The Morgan fingerprint density at radius 1 is 1.32 bits per heavy atom. The molecule has 0 radical (unpaired) electrons. The molecule has 1 saturated carbocycles. The summed E-state index contributed by atoms with van der Waals surface area (Å²) in [6, 6.07) is 8.32. The standard InChI is InChI=1S/C16H18N2O2S2/c1-20-15(19)14-9-10-8-12(6-7-13(10)22-14)18-16(21)17-11-4-2-3-5-11/h6-9,11H,2-5H2,1H3,(H2,17,18,21). The molecule has 0 amide bonds. The lowest BCUT2D eigenvalue weighted by Crippen LogP contribution is -2.35. The van der Waals surface area contributed by atoms with Crippen LogP contribution in [0.4, 0.5) is 5.69 Å². The fourth-order valence-electron chi connectivity index (χ4n) is 2.75. The van der Waals surface area contributed by atoms with Crippen LogP contribution < -0.4 is 10.6 Å². The molecule has 1 aliphatic carbocycles. The van der Waals surface area contributed by atoms with Gasteiger partial charge in [0.25, 0.3) is 0 Å². The Bertz CT molecular complexity index is 705. The number of fused-ring (bicyclic) bond motifs is 1. The Morgan fingerprint density at radius 3 is 2.82 bits per heavy atom. The van der Waals surface area contributed by atoms with Gasteiger partial charge in [-0.2, -0.15) is 0 Å². The third-order valence-corrected chi connectivity index (χ3v) is 5.17. The molecule has 0 saturated heterocycles. The first-order valence-corrected chi connectivity index (χ1v) is 8.57. The molecule has 116 valence electrons. The summed E-state index contributed by atoms with van der Waals surface area (Å²) in [6.07, 6.45) is 4.93. The van der Waals surface area contributed by atoms with Gasteiger partial charge in [0.15, 0.2) is 5.11 Å². The van der Waals surface area contributed by atoms with Crippen LogP contribution in [0.1, 0.15) is 35.4 Å². The SMILES string of the molecule is COC(=O)c1cc2cc(NC(=S)NC3CCCC3)ccc2s1. The van der Waals surface area contributed by atoms with E-state index in [1.165, 1.54) is 44.1 Å². The van der Waals surface area contributed by atoms with E-state index in [1.807, 2.05) is 24.3 Å². The van der Waals surface area contributed by atoms with E-state index >= 15 is 0 Å². The van der Waals surface area contributed by atoms with E-state index in [2.05, 4.69) is 10.6 Å². The zero-order valence-electron chi connectivity index (χ0n) is 12.3. The van der Waals surface area contributed by atoms with Gasteiger partial charge in [0.2, 0.25) is 0 Å². The molecule has 0 spiro atoms. The van der Waals surface area contributed by atoms with Gasteiger partial charge in [-0.15, -0.1) is 11.3 Å². The molecule has 1 fully saturated rings. The molecule has 3 rings (SSSR count). The number of methoxy groups -OCH3 is 1. The van der Waals surface area contributed by atoms with Crippen LogP contribution in [0, 0.1) is 0 Å². The summed E-state index contributed by atoms with van der Waals surface area (Å²) < 4.78 is 5.82. The highest BCUT2D eigenvalue weighted by Gasteiger charge is 2.15. The molecular weight excluding hydrogens is 316 g/mol. The molecule has 0 aliphatic heterocycles. The summed E-state index contributed by atoms with van der Waals surface area (Å²) in [5.41, 5.74) is 0.928. The van der Waals surface area contributed by atoms with Crippen LogP contribution in [0.25, 0.3) is 10.1 Å². The smallest absolute Gasteiger partial charge is 0.348 e. The van der Waals surface area contributed by atoms with Crippen LogP contribution >= 0.6 is 23.6 Å². The first kappa shape index (κ1) is 15.2. The Hall–Kier alpha value is -1.66. The van der Waals surface area contributed by atoms with Gasteiger partial charge >= 0.3 is 5.97 Å². The molecule has 2 aromatic rings. The number of thiophene rings is 1. The van der Waals surface area contributed by atoms with Crippen molar-refractivity contribution in [3.05, 3.63) is 29.1 Å². The van der Waals surface area contributed by atoms with Crippen molar-refractivity contribution in [3.8, 4) is 0 Å². The number of hydrogen-bond acceptors (Lipinski definition) is 4. The number of nitrogens with one attached hydrogen (secondary N) is 2. The molecule has 0 bridgehead atoms. The molecule has 6 heteroatoms. The van der Waals surface area contributed by atoms with Gasteiger partial charge < -0.3 is 15.4 Å². The maximum absolute atomic E-state index is 11.6. The average Bonchev–Trinajstić information content (AvgIpc) is 3.14. The third kappa shape index (κ3) is 3.39. The van der Waals surface area contributed by atoms with Gasteiger partial charge in [0, 0.05) is 16.4 Å². The second-order valence-corrected chi connectivity index (χ2v) is 6.93. The van der Waals surface area contributed by atoms with Gasteiger partial charge in [-0.05, 0) is 54.7 Å². The number of anilines is 1. The molecule has 0 atom stereocenters. The third-order valence-electron chi connectivity index (χ3n) is 3.85. The van der Waals surface area contributed by atoms with Crippen LogP contribution in [0.2, 0.25) is 0 Å². The minimum atomic E-state index is -0.297. The fourth-order valence-corrected chi connectivity index (χ4v) is 3.99. The number of hydrogen-bond donors (Lipinski definition) is 2. The van der Waals surface area contributed by atoms with E-state index in [0.717, 1.165) is 15.8 Å². The second kappa shape index (κ2) is 6.62. The predicted octanol–water partition coefficient (Wildman–Crippen LogP) is 3.92. The first-order chi connectivity index (χ1) is 10.7. The van der Waals surface area contributed by atoms with Gasteiger partial charge in [-0.25, -0.2) is 4.79 Å². The van der Waals surface area contributed by atoms with Crippen molar-refractivity contribution in [1.29, 1.82) is 0 Å². The van der Waals surface area contributed by atoms with E-state index in [-0.39, 0.29) is 5.97 Å². The van der Waals surface area contributed by atoms with Crippen LogP contribution in [-0.4, -0.2) is 24.2 Å². The molecule has 0 unspecified atom stereocenters. The van der Waals surface area contributed by atoms with Gasteiger partial charge in [0.05, 0.1) is 7.11 Å². The molecule has 4 nitrogen and oxygen atoms in total. The Balaban J connectivity index is 1.71. The van der Waals surface area contributed by atoms with Crippen LogP contribution in [0.3, 0.4) is 0 Å². The van der Waals surface area contributed by atoms with Crippen LogP contribution in [0.5, 0.6) is 0 Å². The summed E-state index contributed by atoms with van der Waals surface area (Å²) in [5, 5.41) is 8.25. The van der Waals surface area contributed by atoms with E-state index in [1.54, 1.807) is 0 Å². The number of rotatable bonds is 3. The maximum atomic E-state index is 11.6. The molecule has 22 heavy (non-hydrogen) atoms. The Morgan fingerprint density at radius 2 is 2.09 bits per heavy atom. The highest BCUT2D eigenvalue weighted by atomic mass is 32.1. The van der Waals surface area contributed by atoms with Gasteiger partial charge in [0.1, 0.15) is 4.88 Å². The first-order valence-electron chi connectivity index (χ1n) is 7.35. The van der Waals surface area contributed by atoms with Crippen molar-refractivity contribution in [2.45, 2.75) is 31.7 Å². The topological polar surface area (TPSA) is 50.4 Å². The van der Waals surface area contributed by atoms with Crippen molar-refractivity contribution in [1.82, 2.24) is 5.32 Å². The monoisotopic (exact) mass is 334 g/mol. The summed E-state index contributed by atoms with van der Waals surface area (Å²) in [4.78, 5) is 12.2. The summed E-state index contributed by atoms with van der Waals surface area (Å²) >= 11 is 6.80. The summed E-state index contributed by atoms with van der Waals surface area (Å²) in [7, 11) is 1.40. The molecule has 1 aromatic heterocycles. The highest BCUT2D eigenvalue weighted by Crippen LogP contribution is 2.28. The molecule has 1 heterocycles. The number of thiocarbonyl (C=S) groups is 1. The predicted molar refractivity (Wildman–Crippen MR) is 94.8 cm³/mol. The van der Waals surface area contributed by atoms with Crippen molar-refractivity contribution in [3.63, 3.8) is 0 Å². The second-order valence-electron chi connectivity index (χ2n) is 5.43. The van der Waals surface area contributed by atoms with Gasteiger partial charge in [-0.1, -0.05) is 12.8 Å². The van der Waals surface area contributed by atoms with Crippen molar-refractivity contribution >= 4 is 50.4 Å². The molecule has 1 aliphatic rings. The van der Waals surface area contributed by atoms with E-state index in [9.17, 15) is 4.79 Å². The van der Waals surface area contributed by atoms with Gasteiger partial charge in [-0.3, -0.25) is 0 Å². The zero-order valence-corrected chi connectivity index (χ0v) is 14.0. The fraction of sp³-hybridized carbons (Fsp3) is 0.375. The average molecular weight is 334 g/mol.